The fraction of sp³-hybridized carbons (Fsp3) is 0.447. The largest absolute Gasteiger partial charge is 0.385 e. The summed E-state index contributed by atoms with van der Waals surface area (Å²) in [5.41, 5.74) is 6.08. The van der Waals surface area contributed by atoms with Crippen LogP contribution < -0.4 is 15.5 Å². The molecule has 8 rings (SSSR count). The second kappa shape index (κ2) is 13.2. The number of benzene rings is 2. The minimum absolute atomic E-state index is 0.0966. The summed E-state index contributed by atoms with van der Waals surface area (Å²) in [4.78, 5) is 65.5. The van der Waals surface area contributed by atoms with E-state index in [-0.39, 0.29) is 29.9 Å². The summed E-state index contributed by atoms with van der Waals surface area (Å²) >= 11 is 0. The number of piperidine rings is 1. The van der Waals surface area contributed by atoms with Gasteiger partial charge in [-0.3, -0.25) is 44.0 Å². The smallest absolute Gasteiger partial charge is 0.262 e. The van der Waals surface area contributed by atoms with Crippen molar-refractivity contribution in [3.8, 4) is 11.3 Å². The molecule has 3 atom stereocenters. The second-order valence-corrected chi connectivity index (χ2v) is 14.7. The topological polar surface area (TPSA) is 146 Å². The van der Waals surface area contributed by atoms with Crippen molar-refractivity contribution in [1.29, 1.82) is 0 Å². The van der Waals surface area contributed by atoms with Crippen molar-refractivity contribution in [2.45, 2.75) is 76.5 Å². The summed E-state index contributed by atoms with van der Waals surface area (Å²) in [7, 11) is 2.20. The van der Waals surface area contributed by atoms with Gasteiger partial charge in [-0.25, -0.2) is 4.98 Å². The van der Waals surface area contributed by atoms with E-state index in [9.17, 15) is 19.2 Å². The highest BCUT2D eigenvalue weighted by molar-refractivity contribution is 6.23. The zero-order valence-corrected chi connectivity index (χ0v) is 29.2. The van der Waals surface area contributed by atoms with E-state index in [0.717, 1.165) is 78.2 Å². The van der Waals surface area contributed by atoms with Gasteiger partial charge in [-0.15, -0.1) is 0 Å². The molecule has 3 fully saturated rings. The Morgan fingerprint density at radius 2 is 1.71 bits per heavy atom. The van der Waals surface area contributed by atoms with Gasteiger partial charge in [0.2, 0.25) is 11.8 Å². The van der Waals surface area contributed by atoms with E-state index < -0.39 is 23.8 Å². The average molecular weight is 690 g/mol. The Morgan fingerprint density at radius 3 is 2.49 bits per heavy atom. The molecule has 1 saturated carbocycles. The third-order valence-corrected chi connectivity index (χ3v) is 11.3. The third-order valence-electron chi connectivity index (χ3n) is 11.3. The maximum Gasteiger partial charge on any atom is 0.262 e. The van der Waals surface area contributed by atoms with Crippen molar-refractivity contribution in [2.75, 3.05) is 36.9 Å². The van der Waals surface area contributed by atoms with Crippen LogP contribution in [0.2, 0.25) is 0 Å². The molecular formula is C38H43N9O4. The summed E-state index contributed by atoms with van der Waals surface area (Å²) in [5, 5.41) is 10.3. The number of amides is 4. The molecule has 51 heavy (non-hydrogen) atoms. The molecule has 1 aliphatic carbocycles. The van der Waals surface area contributed by atoms with Gasteiger partial charge in [-0.1, -0.05) is 0 Å². The predicted molar refractivity (Wildman–Crippen MR) is 192 cm³/mol. The van der Waals surface area contributed by atoms with Crippen LogP contribution in [0, 0.1) is 5.92 Å². The molecule has 2 aromatic carbocycles. The van der Waals surface area contributed by atoms with Crippen molar-refractivity contribution < 1.29 is 19.2 Å². The number of anilines is 2. The molecule has 5 heterocycles. The molecule has 3 aliphatic heterocycles. The minimum Gasteiger partial charge on any atom is -0.385 e. The van der Waals surface area contributed by atoms with Gasteiger partial charge >= 0.3 is 0 Å². The van der Waals surface area contributed by atoms with Gasteiger partial charge < -0.3 is 10.2 Å². The number of likely N-dealkylation sites (N-methyl/N-ethyl adjacent to an activating group) is 1. The lowest BCUT2D eigenvalue weighted by atomic mass is 9.77. The lowest BCUT2D eigenvalue weighted by Crippen LogP contribution is -2.55. The standard InChI is InChI=1S/C38H43N9O4/c1-22-19-45(20-23(2)44(22)3)27-7-9-31-32(16-27)42-33(18-40-31)25-17-41-46(21-25)28-13-24(14-28)5-4-12-39-26-6-8-29-30(15-26)38(51)47(37(29)50)34-10-11-35(48)43-36(34)49/h6-9,15-18,21-24,28,34,39H,4-5,10-14,19-20H2,1-3H3,(H,43,48,49)/t22-,23+,24?,28?,34?. The van der Waals surface area contributed by atoms with Crippen LogP contribution in [0.5, 0.6) is 0 Å². The van der Waals surface area contributed by atoms with Crippen molar-refractivity contribution >= 4 is 46.0 Å². The number of nitrogens with one attached hydrogen (secondary N) is 2. The molecule has 1 unspecified atom stereocenters. The Bertz CT molecular complexity index is 2030. The fourth-order valence-electron chi connectivity index (χ4n) is 7.98. The number of aromatic nitrogens is 4. The lowest BCUT2D eigenvalue weighted by molar-refractivity contribution is -0.136. The van der Waals surface area contributed by atoms with Gasteiger partial charge in [0.05, 0.1) is 46.3 Å². The van der Waals surface area contributed by atoms with Crippen molar-refractivity contribution in [2.24, 2.45) is 5.92 Å². The van der Waals surface area contributed by atoms with E-state index in [1.54, 1.807) is 18.2 Å². The Morgan fingerprint density at radius 1 is 0.922 bits per heavy atom. The van der Waals surface area contributed by atoms with Crippen LogP contribution in [-0.4, -0.2) is 98.0 Å². The number of carbonyl (C=O) groups excluding carboxylic acids is 4. The summed E-state index contributed by atoms with van der Waals surface area (Å²) in [6.45, 7) is 7.26. The van der Waals surface area contributed by atoms with Crippen molar-refractivity contribution in [3.63, 3.8) is 0 Å². The van der Waals surface area contributed by atoms with Gasteiger partial charge in [-0.2, -0.15) is 5.10 Å². The molecule has 264 valence electrons. The van der Waals surface area contributed by atoms with Gasteiger partial charge in [-0.05, 0) is 95.3 Å². The van der Waals surface area contributed by atoms with Crippen LogP contribution in [0.3, 0.4) is 0 Å². The van der Waals surface area contributed by atoms with Gasteiger partial charge in [0.1, 0.15) is 6.04 Å². The zero-order chi connectivity index (χ0) is 35.4. The molecule has 2 N–H and O–H groups in total. The van der Waals surface area contributed by atoms with Crippen molar-refractivity contribution in [3.05, 3.63) is 66.1 Å². The summed E-state index contributed by atoms with van der Waals surface area (Å²) in [6, 6.07) is 11.9. The number of carbonyl (C=O) groups is 4. The summed E-state index contributed by atoms with van der Waals surface area (Å²) in [6.07, 6.45) is 10.2. The molecule has 13 heteroatoms. The molecule has 4 aliphatic rings. The molecule has 4 amide bonds. The number of piperazine rings is 1. The molecule has 0 spiro atoms. The van der Waals surface area contributed by atoms with E-state index >= 15 is 0 Å². The normalized spacial score (nSPS) is 25.3. The van der Waals surface area contributed by atoms with Gasteiger partial charge in [0, 0.05) is 61.3 Å². The first-order valence-electron chi connectivity index (χ1n) is 18.0. The van der Waals surface area contributed by atoms with E-state index in [1.807, 2.05) is 12.4 Å². The summed E-state index contributed by atoms with van der Waals surface area (Å²) in [5.74, 6) is -1.37. The molecule has 0 radical (unpaired) electrons. The Hall–Kier alpha value is -5.17. The Kier molecular flexibility index (Phi) is 8.53. The van der Waals surface area contributed by atoms with E-state index in [1.165, 1.54) is 5.69 Å². The van der Waals surface area contributed by atoms with Crippen LogP contribution in [0.15, 0.2) is 55.0 Å². The first-order valence-corrected chi connectivity index (χ1v) is 18.0. The summed E-state index contributed by atoms with van der Waals surface area (Å²) < 4.78 is 2.07. The highest BCUT2D eigenvalue weighted by atomic mass is 16.2. The van der Waals surface area contributed by atoms with E-state index in [2.05, 4.69) is 70.4 Å². The lowest BCUT2D eigenvalue weighted by Gasteiger charge is -2.43. The maximum absolute atomic E-state index is 13.1. The van der Waals surface area contributed by atoms with Crippen LogP contribution in [0.4, 0.5) is 11.4 Å². The SMILES string of the molecule is C[C@@H]1CN(c2ccc3ncc(-c4cnn(C5CC(CCCNc6ccc7c(c6)C(=O)N(C6CCC(=O)NC6=O)C7=O)C5)c4)nc3c2)C[C@H](C)N1C. The first kappa shape index (κ1) is 33.0. The average Bonchev–Trinajstić information content (AvgIpc) is 3.68. The molecule has 4 aromatic rings. The number of fused-ring (bicyclic) bond motifs is 2. The Balaban J connectivity index is 0.822. The van der Waals surface area contributed by atoms with Crippen LogP contribution in [0.1, 0.15) is 79.1 Å². The van der Waals surface area contributed by atoms with E-state index in [0.29, 0.717) is 24.0 Å². The molecule has 2 saturated heterocycles. The number of rotatable bonds is 9. The van der Waals surface area contributed by atoms with E-state index in [4.69, 9.17) is 15.1 Å². The van der Waals surface area contributed by atoms with Gasteiger partial charge in [0.15, 0.2) is 0 Å². The van der Waals surface area contributed by atoms with Gasteiger partial charge in [0.25, 0.3) is 11.8 Å². The van der Waals surface area contributed by atoms with Crippen molar-refractivity contribution in [1.82, 2.24) is 34.9 Å². The third kappa shape index (κ3) is 6.24. The number of imide groups is 2. The quantitative estimate of drug-likeness (QED) is 0.193. The highest BCUT2D eigenvalue weighted by Crippen LogP contribution is 2.40. The number of nitrogens with zero attached hydrogens (tertiary/aromatic N) is 7. The van der Waals surface area contributed by atoms with Crippen LogP contribution >= 0.6 is 0 Å². The molecule has 2 aromatic heterocycles. The molecular weight excluding hydrogens is 646 g/mol. The predicted octanol–water partition coefficient (Wildman–Crippen LogP) is 4.27. The molecule has 13 nitrogen and oxygen atoms in total. The van der Waals surface area contributed by atoms with Crippen LogP contribution in [0.25, 0.3) is 22.3 Å². The van der Waals surface area contributed by atoms with Crippen LogP contribution in [-0.2, 0) is 9.59 Å². The highest BCUT2D eigenvalue weighted by Gasteiger charge is 2.44. The maximum atomic E-state index is 13.1. The Labute approximate surface area is 296 Å². The number of hydrogen-bond acceptors (Lipinski definition) is 10. The zero-order valence-electron chi connectivity index (χ0n) is 29.2. The second-order valence-electron chi connectivity index (χ2n) is 14.7. The first-order chi connectivity index (χ1) is 24.6. The number of hydrogen-bond donors (Lipinski definition) is 2. The fourth-order valence-corrected chi connectivity index (χ4v) is 7.98. The monoisotopic (exact) mass is 689 g/mol. The minimum atomic E-state index is -0.965. The molecule has 0 bridgehead atoms.